The largest absolute Gasteiger partial charge is 0.497 e. The highest BCUT2D eigenvalue weighted by Gasteiger charge is 2.13. The molecule has 0 amide bonds. The Labute approximate surface area is 152 Å². The standard InChI is InChI=1S/C19H22N6O/c1-25(2)11-17-22-19(24-23-17)13-6-9-16(20)15(10-13)18(21)12-4-7-14(26-3)8-5-12/h4-10,21H,11,20H2,1-3H3,(H,22,23,24). The highest BCUT2D eigenvalue weighted by atomic mass is 16.5. The minimum Gasteiger partial charge on any atom is -0.497 e. The number of anilines is 1. The van der Waals surface area contributed by atoms with Gasteiger partial charge in [-0.1, -0.05) is 0 Å². The molecule has 4 N–H and O–H groups in total. The van der Waals surface area contributed by atoms with Gasteiger partial charge >= 0.3 is 0 Å². The zero-order valence-corrected chi connectivity index (χ0v) is 15.1. The zero-order valence-electron chi connectivity index (χ0n) is 15.1. The van der Waals surface area contributed by atoms with Gasteiger partial charge in [0.2, 0.25) is 0 Å². The first kappa shape index (κ1) is 17.6. The monoisotopic (exact) mass is 350 g/mol. The number of hydrogen-bond donors (Lipinski definition) is 3. The maximum absolute atomic E-state index is 8.52. The van der Waals surface area contributed by atoms with E-state index in [0.29, 0.717) is 29.3 Å². The molecule has 3 rings (SSSR count). The van der Waals surface area contributed by atoms with Crippen molar-refractivity contribution in [1.82, 2.24) is 20.1 Å². The summed E-state index contributed by atoms with van der Waals surface area (Å²) in [5, 5.41) is 15.7. The van der Waals surface area contributed by atoms with Crippen molar-refractivity contribution in [3.8, 4) is 17.1 Å². The van der Waals surface area contributed by atoms with E-state index in [2.05, 4.69) is 15.2 Å². The number of benzene rings is 2. The predicted octanol–water partition coefficient (Wildman–Crippen LogP) is 2.54. The summed E-state index contributed by atoms with van der Waals surface area (Å²) in [6.45, 7) is 0.677. The molecule has 3 aromatic rings. The first-order valence-corrected chi connectivity index (χ1v) is 8.17. The molecule has 7 nitrogen and oxygen atoms in total. The summed E-state index contributed by atoms with van der Waals surface area (Å²) in [6, 6.07) is 12.8. The number of nitrogens with two attached hydrogens (primary N) is 1. The molecule has 134 valence electrons. The molecule has 0 aliphatic heterocycles. The van der Waals surface area contributed by atoms with E-state index >= 15 is 0 Å². The van der Waals surface area contributed by atoms with Crippen LogP contribution in [0, 0.1) is 5.41 Å². The third-order valence-corrected chi connectivity index (χ3v) is 3.96. The summed E-state index contributed by atoms with van der Waals surface area (Å²) in [5.74, 6) is 2.12. The predicted molar refractivity (Wildman–Crippen MR) is 103 cm³/mol. The van der Waals surface area contributed by atoms with Gasteiger partial charge in [0.15, 0.2) is 5.82 Å². The van der Waals surface area contributed by atoms with Gasteiger partial charge in [0.25, 0.3) is 0 Å². The number of aromatic amines is 1. The van der Waals surface area contributed by atoms with Crippen molar-refractivity contribution in [2.24, 2.45) is 0 Å². The fraction of sp³-hybridized carbons (Fsp3) is 0.211. The fourth-order valence-electron chi connectivity index (χ4n) is 2.62. The Hall–Kier alpha value is -3.19. The molecule has 26 heavy (non-hydrogen) atoms. The van der Waals surface area contributed by atoms with Crippen LogP contribution in [0.1, 0.15) is 17.0 Å². The molecule has 1 heterocycles. The van der Waals surface area contributed by atoms with Gasteiger partial charge in [-0.3, -0.25) is 10.5 Å². The van der Waals surface area contributed by atoms with Crippen LogP contribution in [-0.2, 0) is 6.54 Å². The molecule has 0 saturated heterocycles. The van der Waals surface area contributed by atoms with Crippen molar-refractivity contribution in [1.29, 1.82) is 5.41 Å². The SMILES string of the molecule is COc1ccc(C(=N)c2cc(-c3n[nH]c(CN(C)C)n3)ccc2N)cc1. The van der Waals surface area contributed by atoms with Crippen LogP contribution in [0.15, 0.2) is 42.5 Å². The molecule has 0 atom stereocenters. The van der Waals surface area contributed by atoms with Crippen molar-refractivity contribution in [3.63, 3.8) is 0 Å². The van der Waals surface area contributed by atoms with Crippen molar-refractivity contribution in [2.45, 2.75) is 6.54 Å². The number of nitrogen functional groups attached to an aromatic ring is 1. The molecule has 0 bridgehead atoms. The van der Waals surface area contributed by atoms with Gasteiger partial charge in [0, 0.05) is 22.4 Å². The second-order valence-corrected chi connectivity index (χ2v) is 6.25. The lowest BCUT2D eigenvalue weighted by molar-refractivity contribution is 0.391. The first-order valence-electron chi connectivity index (χ1n) is 8.17. The molecule has 2 aromatic carbocycles. The number of nitrogens with zero attached hydrogens (tertiary/aromatic N) is 3. The number of H-pyrrole nitrogens is 1. The van der Waals surface area contributed by atoms with E-state index in [9.17, 15) is 0 Å². The van der Waals surface area contributed by atoms with Gasteiger partial charge in [-0.25, -0.2) is 4.98 Å². The van der Waals surface area contributed by atoms with E-state index in [0.717, 1.165) is 22.7 Å². The second-order valence-electron chi connectivity index (χ2n) is 6.25. The smallest absolute Gasteiger partial charge is 0.181 e. The Balaban J connectivity index is 1.91. The van der Waals surface area contributed by atoms with E-state index in [1.807, 2.05) is 55.4 Å². The molecule has 1 aromatic heterocycles. The summed E-state index contributed by atoms with van der Waals surface area (Å²) < 4.78 is 5.17. The summed E-state index contributed by atoms with van der Waals surface area (Å²) in [7, 11) is 5.56. The van der Waals surface area contributed by atoms with Crippen LogP contribution in [0.4, 0.5) is 5.69 Å². The van der Waals surface area contributed by atoms with E-state index in [1.165, 1.54) is 0 Å². The maximum Gasteiger partial charge on any atom is 0.181 e. The van der Waals surface area contributed by atoms with Gasteiger partial charge in [0.1, 0.15) is 11.6 Å². The van der Waals surface area contributed by atoms with Crippen LogP contribution in [0.5, 0.6) is 5.75 Å². The summed E-state index contributed by atoms with van der Waals surface area (Å²) >= 11 is 0. The average molecular weight is 350 g/mol. The molecule has 0 fully saturated rings. The third kappa shape index (κ3) is 3.73. The van der Waals surface area contributed by atoms with E-state index in [1.54, 1.807) is 13.2 Å². The quantitative estimate of drug-likeness (QED) is 0.468. The van der Waals surface area contributed by atoms with Gasteiger partial charge in [-0.15, -0.1) is 0 Å². The van der Waals surface area contributed by atoms with Gasteiger partial charge in [0.05, 0.1) is 19.4 Å². The van der Waals surface area contributed by atoms with E-state index in [-0.39, 0.29) is 0 Å². The molecular weight excluding hydrogens is 328 g/mol. The number of ether oxygens (including phenoxy) is 1. The molecule has 0 aliphatic carbocycles. The van der Waals surface area contributed by atoms with Gasteiger partial charge in [-0.05, 0) is 56.6 Å². The number of nitrogens with one attached hydrogen (secondary N) is 2. The van der Waals surface area contributed by atoms with E-state index < -0.39 is 0 Å². The Kier molecular flexibility index (Phi) is 4.99. The number of methoxy groups -OCH3 is 1. The van der Waals surface area contributed by atoms with Gasteiger partial charge in [-0.2, -0.15) is 5.10 Å². The second kappa shape index (κ2) is 7.37. The molecule has 0 saturated carbocycles. The highest BCUT2D eigenvalue weighted by molar-refractivity contribution is 6.14. The van der Waals surface area contributed by atoms with Crippen molar-refractivity contribution >= 4 is 11.4 Å². The number of rotatable bonds is 6. The molecule has 0 radical (unpaired) electrons. The molecule has 0 unspecified atom stereocenters. The number of aromatic nitrogens is 3. The minimum absolute atomic E-state index is 0.344. The van der Waals surface area contributed by atoms with Crippen LogP contribution in [0.3, 0.4) is 0 Å². The van der Waals surface area contributed by atoms with Crippen LogP contribution in [-0.4, -0.2) is 47.0 Å². The maximum atomic E-state index is 8.52. The van der Waals surface area contributed by atoms with Crippen LogP contribution < -0.4 is 10.5 Å². The summed E-state index contributed by atoms with van der Waals surface area (Å²) in [5.41, 5.74) is 9.22. The van der Waals surface area contributed by atoms with Crippen molar-refractivity contribution < 1.29 is 4.74 Å². The van der Waals surface area contributed by atoms with Crippen molar-refractivity contribution in [3.05, 3.63) is 59.4 Å². The lowest BCUT2D eigenvalue weighted by Gasteiger charge is -2.10. The van der Waals surface area contributed by atoms with Crippen LogP contribution in [0.25, 0.3) is 11.4 Å². The van der Waals surface area contributed by atoms with Crippen LogP contribution in [0.2, 0.25) is 0 Å². The lowest BCUT2D eigenvalue weighted by Crippen LogP contribution is -2.11. The molecule has 7 heteroatoms. The zero-order chi connectivity index (χ0) is 18.7. The van der Waals surface area contributed by atoms with Crippen LogP contribution >= 0.6 is 0 Å². The molecule has 0 spiro atoms. The lowest BCUT2D eigenvalue weighted by atomic mass is 9.98. The van der Waals surface area contributed by atoms with E-state index in [4.69, 9.17) is 15.9 Å². The average Bonchev–Trinajstić information content (AvgIpc) is 3.09. The minimum atomic E-state index is 0.344. The normalized spacial score (nSPS) is 10.9. The van der Waals surface area contributed by atoms with Crippen molar-refractivity contribution in [2.75, 3.05) is 26.9 Å². The first-order chi connectivity index (χ1) is 12.5. The Morgan fingerprint density at radius 3 is 2.58 bits per heavy atom. The Morgan fingerprint density at radius 2 is 1.92 bits per heavy atom. The summed E-state index contributed by atoms with van der Waals surface area (Å²) in [6.07, 6.45) is 0. The molecular formula is C19H22N6O. The molecule has 0 aliphatic rings. The topological polar surface area (TPSA) is 104 Å². The third-order valence-electron chi connectivity index (χ3n) is 3.96. The number of hydrogen-bond acceptors (Lipinski definition) is 6. The Bertz CT molecular complexity index is 914. The fourth-order valence-corrected chi connectivity index (χ4v) is 2.62. The Morgan fingerprint density at radius 1 is 1.19 bits per heavy atom. The highest BCUT2D eigenvalue weighted by Crippen LogP contribution is 2.24. The summed E-state index contributed by atoms with van der Waals surface area (Å²) in [4.78, 5) is 6.52. The van der Waals surface area contributed by atoms with Gasteiger partial charge < -0.3 is 15.4 Å².